The van der Waals surface area contributed by atoms with Gasteiger partial charge in [0, 0.05) is 28.7 Å². The van der Waals surface area contributed by atoms with Crippen molar-refractivity contribution in [2.45, 2.75) is 50.2 Å². The summed E-state index contributed by atoms with van der Waals surface area (Å²) in [5, 5.41) is 4.49. The van der Waals surface area contributed by atoms with Crippen LogP contribution in [-0.2, 0) is 11.2 Å². The van der Waals surface area contributed by atoms with E-state index in [4.69, 9.17) is 4.52 Å². The van der Waals surface area contributed by atoms with E-state index in [-0.39, 0.29) is 5.91 Å². The van der Waals surface area contributed by atoms with Crippen LogP contribution < -0.4 is 4.90 Å². The predicted molar refractivity (Wildman–Crippen MR) is 93.0 cm³/mol. The van der Waals surface area contributed by atoms with Crippen LogP contribution in [-0.4, -0.2) is 22.9 Å². The Morgan fingerprint density at radius 3 is 2.91 bits per heavy atom. The summed E-state index contributed by atoms with van der Waals surface area (Å²) in [6.45, 7) is 6.83. The van der Waals surface area contributed by atoms with E-state index in [1.165, 1.54) is 4.90 Å². The van der Waals surface area contributed by atoms with Crippen LogP contribution in [0.3, 0.4) is 0 Å². The molecular weight excluding hydrogens is 308 g/mol. The summed E-state index contributed by atoms with van der Waals surface area (Å²) >= 11 is 1.86. The van der Waals surface area contributed by atoms with Gasteiger partial charge in [0.1, 0.15) is 5.76 Å². The van der Waals surface area contributed by atoms with Crippen molar-refractivity contribution in [3.63, 3.8) is 0 Å². The molecule has 0 bridgehead atoms. The van der Waals surface area contributed by atoms with Crippen molar-refractivity contribution in [2.24, 2.45) is 0 Å². The Bertz CT molecular complexity index is 691. The minimum atomic E-state index is 0.173. The summed E-state index contributed by atoms with van der Waals surface area (Å²) in [5.74, 6) is 0.989. The third kappa shape index (κ3) is 3.44. The van der Waals surface area contributed by atoms with Gasteiger partial charge in [-0.2, -0.15) is 0 Å². The van der Waals surface area contributed by atoms with Crippen molar-refractivity contribution < 1.29 is 9.32 Å². The van der Waals surface area contributed by atoms with Crippen molar-refractivity contribution in [2.75, 3.05) is 11.4 Å². The molecule has 0 aliphatic carbocycles. The van der Waals surface area contributed by atoms with Crippen LogP contribution in [0.5, 0.6) is 0 Å². The summed E-state index contributed by atoms with van der Waals surface area (Å²) in [7, 11) is 0. The number of hydrogen-bond acceptors (Lipinski definition) is 4. The highest BCUT2D eigenvalue weighted by atomic mass is 32.2. The van der Waals surface area contributed by atoms with Crippen LogP contribution in [0.2, 0.25) is 0 Å². The third-order valence-corrected chi connectivity index (χ3v) is 5.55. The van der Waals surface area contributed by atoms with Crippen LogP contribution in [0, 0.1) is 13.8 Å². The van der Waals surface area contributed by atoms with Crippen molar-refractivity contribution in [1.29, 1.82) is 0 Å². The number of carbonyl (C=O) groups excluding carboxylic acids is 1. The van der Waals surface area contributed by atoms with Gasteiger partial charge in [-0.3, -0.25) is 4.79 Å². The quantitative estimate of drug-likeness (QED) is 0.848. The zero-order chi connectivity index (χ0) is 16.4. The van der Waals surface area contributed by atoms with Gasteiger partial charge in [0.05, 0.1) is 11.4 Å². The molecular formula is C18H22N2O2S. The molecule has 0 saturated carbocycles. The number of para-hydroxylation sites is 1. The summed E-state index contributed by atoms with van der Waals surface area (Å²) < 4.78 is 5.19. The Morgan fingerprint density at radius 1 is 1.39 bits per heavy atom. The number of fused-ring (bicyclic) bond motifs is 1. The molecule has 5 heteroatoms. The second kappa shape index (κ2) is 6.79. The summed E-state index contributed by atoms with van der Waals surface area (Å²) in [5.41, 5.74) is 2.99. The van der Waals surface area contributed by atoms with Crippen LogP contribution in [0.1, 0.15) is 36.8 Å². The number of thioether (sulfide) groups is 1. The largest absolute Gasteiger partial charge is 0.361 e. The first-order valence-corrected chi connectivity index (χ1v) is 8.92. The number of rotatable bonds is 3. The van der Waals surface area contributed by atoms with Crippen LogP contribution in [0.4, 0.5) is 5.69 Å². The molecule has 1 aliphatic rings. The second-order valence-electron chi connectivity index (χ2n) is 6.03. The number of anilines is 1. The average Bonchev–Trinajstić information content (AvgIpc) is 2.75. The minimum Gasteiger partial charge on any atom is -0.361 e. The van der Waals surface area contributed by atoms with Crippen LogP contribution in [0.25, 0.3) is 0 Å². The van der Waals surface area contributed by atoms with Crippen molar-refractivity contribution in [1.82, 2.24) is 5.16 Å². The van der Waals surface area contributed by atoms with Gasteiger partial charge >= 0.3 is 0 Å². The standard InChI is InChI=1S/C18H22N2O2S/c1-12-10-11-20(16-6-4-5-7-17(16)23-12)18(21)9-8-15-13(2)19-22-14(15)3/h4-7,12H,8-11H2,1-3H3/t12-/m1/s1. The normalized spacial score (nSPS) is 17.7. The monoisotopic (exact) mass is 330 g/mol. The Kier molecular flexibility index (Phi) is 4.76. The Morgan fingerprint density at radius 2 is 2.17 bits per heavy atom. The van der Waals surface area contributed by atoms with Crippen molar-refractivity contribution >= 4 is 23.4 Å². The fourth-order valence-corrected chi connectivity index (χ4v) is 4.08. The zero-order valence-electron chi connectivity index (χ0n) is 13.8. The van der Waals surface area contributed by atoms with Crippen LogP contribution in [0.15, 0.2) is 33.7 Å². The molecule has 0 unspecified atom stereocenters. The first-order valence-electron chi connectivity index (χ1n) is 8.04. The minimum absolute atomic E-state index is 0.173. The van der Waals surface area contributed by atoms with Gasteiger partial charge in [0.2, 0.25) is 5.91 Å². The summed E-state index contributed by atoms with van der Waals surface area (Å²) in [6.07, 6.45) is 2.17. The molecule has 1 aliphatic heterocycles. The van der Waals surface area contributed by atoms with E-state index in [1.54, 1.807) is 0 Å². The van der Waals surface area contributed by atoms with E-state index in [2.05, 4.69) is 18.1 Å². The lowest BCUT2D eigenvalue weighted by Gasteiger charge is -2.22. The van der Waals surface area contributed by atoms with Gasteiger partial charge in [0.25, 0.3) is 0 Å². The first-order chi connectivity index (χ1) is 11.1. The van der Waals surface area contributed by atoms with Gasteiger partial charge < -0.3 is 9.42 Å². The predicted octanol–water partition coefficient (Wildman–Crippen LogP) is 4.14. The van der Waals surface area contributed by atoms with Gasteiger partial charge in [-0.15, -0.1) is 11.8 Å². The Balaban J connectivity index is 1.77. The molecule has 1 amide bonds. The Labute approximate surface area is 141 Å². The molecule has 2 aromatic rings. The van der Waals surface area contributed by atoms with Crippen molar-refractivity contribution in [3.05, 3.63) is 41.3 Å². The third-order valence-electron chi connectivity index (χ3n) is 4.31. The number of aromatic nitrogens is 1. The maximum atomic E-state index is 12.8. The molecule has 1 aromatic carbocycles. The Hall–Kier alpha value is -1.75. The van der Waals surface area contributed by atoms with E-state index in [0.29, 0.717) is 18.1 Å². The highest BCUT2D eigenvalue weighted by Crippen LogP contribution is 2.37. The van der Waals surface area contributed by atoms with E-state index in [1.807, 2.05) is 48.7 Å². The molecule has 0 N–H and O–H groups in total. The van der Waals surface area contributed by atoms with Crippen LogP contribution >= 0.6 is 11.8 Å². The maximum absolute atomic E-state index is 12.8. The maximum Gasteiger partial charge on any atom is 0.227 e. The van der Waals surface area contributed by atoms with Gasteiger partial charge in [-0.25, -0.2) is 0 Å². The second-order valence-corrected chi connectivity index (χ2v) is 7.51. The number of hydrogen-bond donors (Lipinski definition) is 0. The topological polar surface area (TPSA) is 46.3 Å². The smallest absolute Gasteiger partial charge is 0.227 e. The SMILES string of the molecule is Cc1noc(C)c1CCC(=O)N1CC[C@@H](C)Sc2ccccc21. The van der Waals surface area contributed by atoms with E-state index < -0.39 is 0 Å². The number of nitrogens with zero attached hydrogens (tertiary/aromatic N) is 2. The molecule has 3 rings (SSSR count). The van der Waals surface area contributed by atoms with Crippen molar-refractivity contribution in [3.8, 4) is 0 Å². The molecule has 1 aromatic heterocycles. The molecule has 0 spiro atoms. The van der Waals surface area contributed by atoms with Gasteiger partial charge in [0.15, 0.2) is 0 Å². The van der Waals surface area contributed by atoms with Gasteiger partial charge in [-0.05, 0) is 38.8 Å². The number of carbonyl (C=O) groups is 1. The molecule has 0 fully saturated rings. The molecule has 23 heavy (non-hydrogen) atoms. The highest BCUT2D eigenvalue weighted by Gasteiger charge is 2.24. The summed E-state index contributed by atoms with van der Waals surface area (Å²) in [6, 6.07) is 8.20. The molecule has 2 heterocycles. The average molecular weight is 330 g/mol. The zero-order valence-corrected chi connectivity index (χ0v) is 14.7. The lowest BCUT2D eigenvalue weighted by atomic mass is 10.1. The first kappa shape index (κ1) is 16.1. The van der Waals surface area contributed by atoms with Gasteiger partial charge in [-0.1, -0.05) is 24.2 Å². The molecule has 1 atom stereocenters. The summed E-state index contributed by atoms with van der Waals surface area (Å²) in [4.78, 5) is 15.9. The fraction of sp³-hybridized carbons (Fsp3) is 0.444. The molecule has 0 saturated heterocycles. The molecule has 0 radical (unpaired) electrons. The fourth-order valence-electron chi connectivity index (χ4n) is 2.97. The number of amides is 1. The van der Waals surface area contributed by atoms with E-state index in [9.17, 15) is 4.79 Å². The lowest BCUT2D eigenvalue weighted by Crippen LogP contribution is -2.32. The van der Waals surface area contributed by atoms with E-state index in [0.717, 1.165) is 35.7 Å². The van der Waals surface area contributed by atoms with E-state index >= 15 is 0 Å². The lowest BCUT2D eigenvalue weighted by molar-refractivity contribution is -0.118. The number of aryl methyl sites for hydroxylation is 2. The molecule has 4 nitrogen and oxygen atoms in total. The molecule has 122 valence electrons. The number of benzene rings is 1. The highest BCUT2D eigenvalue weighted by molar-refractivity contribution is 8.00.